The van der Waals surface area contributed by atoms with Crippen LogP contribution in [0.25, 0.3) is 11.2 Å². The number of aliphatic hydroxyl groups is 2. The fourth-order valence-corrected chi connectivity index (χ4v) is 3.08. The summed E-state index contributed by atoms with van der Waals surface area (Å²) in [6, 6.07) is 0. The molecule has 0 aliphatic carbocycles. The first-order valence-electron chi connectivity index (χ1n) is 8.18. The largest absolute Gasteiger partial charge is 0.416 e. The number of imidazole rings is 1. The van der Waals surface area contributed by atoms with Crippen molar-refractivity contribution >= 4 is 17.1 Å². The van der Waals surface area contributed by atoms with Crippen LogP contribution in [0.5, 0.6) is 0 Å². The van der Waals surface area contributed by atoms with Crippen molar-refractivity contribution in [2.24, 2.45) is 0 Å². The Hall–Kier alpha value is -2.39. The Balaban J connectivity index is 2.04. The van der Waals surface area contributed by atoms with E-state index >= 15 is 0 Å². The van der Waals surface area contributed by atoms with Gasteiger partial charge in [0.1, 0.15) is 11.6 Å². The van der Waals surface area contributed by atoms with E-state index in [0.29, 0.717) is 9.13 Å². The van der Waals surface area contributed by atoms with Crippen molar-refractivity contribution in [3.8, 4) is 0 Å². The van der Waals surface area contributed by atoms with E-state index in [4.69, 9.17) is 10.5 Å². The molecule has 29 heavy (non-hydrogen) atoms. The van der Waals surface area contributed by atoms with Crippen molar-refractivity contribution in [1.82, 2.24) is 19.1 Å². The number of hydrogen-bond donors (Lipinski definition) is 3. The van der Waals surface area contributed by atoms with Crippen LogP contribution in [0.4, 0.5) is 32.3 Å². The fraction of sp³-hybridized carbons (Fsp3) is 0.643. The van der Waals surface area contributed by atoms with Gasteiger partial charge in [-0.3, -0.25) is 4.57 Å². The first-order valence-corrected chi connectivity index (χ1v) is 8.18. The third kappa shape index (κ3) is 4.16. The Morgan fingerprint density at radius 2 is 1.97 bits per heavy atom. The number of fused-ring (bicyclic) bond motifs is 1. The molecule has 0 spiro atoms. The van der Waals surface area contributed by atoms with Crippen LogP contribution in [-0.2, 0) is 11.3 Å². The van der Waals surface area contributed by atoms with Gasteiger partial charge in [-0.2, -0.15) is 31.3 Å². The zero-order valence-corrected chi connectivity index (χ0v) is 14.4. The van der Waals surface area contributed by atoms with E-state index in [1.54, 1.807) is 0 Å². The normalized spacial score (nSPS) is 24.3. The first-order chi connectivity index (χ1) is 13.3. The Morgan fingerprint density at radius 3 is 2.55 bits per heavy atom. The minimum atomic E-state index is -5.04. The van der Waals surface area contributed by atoms with E-state index in [1.807, 2.05) is 0 Å². The maximum absolute atomic E-state index is 12.7. The molecule has 1 aliphatic rings. The summed E-state index contributed by atoms with van der Waals surface area (Å²) in [5.74, 6) is -0.362. The SMILES string of the molecule is Nc1ncc2c(n1)n([C@@H]1O[C@H](C(O)C(F)(F)F)C[C@H]1O)c(=O)n2CCC(F)(F)F. The summed E-state index contributed by atoms with van der Waals surface area (Å²) in [6.45, 7) is -0.823. The fourth-order valence-electron chi connectivity index (χ4n) is 3.08. The number of aryl methyl sites for hydroxylation is 1. The number of anilines is 1. The minimum absolute atomic E-state index is 0.177. The van der Waals surface area contributed by atoms with Crippen LogP contribution in [0.2, 0.25) is 0 Å². The summed E-state index contributed by atoms with van der Waals surface area (Å²) in [6.07, 6.45) is -18.9. The first kappa shape index (κ1) is 21.3. The van der Waals surface area contributed by atoms with Crippen LogP contribution < -0.4 is 11.4 Å². The highest BCUT2D eigenvalue weighted by Crippen LogP contribution is 2.36. The summed E-state index contributed by atoms with van der Waals surface area (Å²) in [5.41, 5.74) is 3.83. The molecule has 3 heterocycles. The third-order valence-electron chi connectivity index (χ3n) is 4.40. The number of aromatic nitrogens is 4. The lowest BCUT2D eigenvalue weighted by molar-refractivity contribution is -0.237. The molecule has 0 saturated carbocycles. The van der Waals surface area contributed by atoms with Crippen LogP contribution in [0, 0.1) is 0 Å². The second-order valence-corrected chi connectivity index (χ2v) is 6.46. The van der Waals surface area contributed by atoms with Crippen molar-refractivity contribution in [1.29, 1.82) is 0 Å². The van der Waals surface area contributed by atoms with Crippen LogP contribution >= 0.6 is 0 Å². The number of rotatable bonds is 4. The number of nitrogens with zero attached hydrogens (tertiary/aromatic N) is 4. The number of alkyl halides is 6. The number of hydrogen-bond acceptors (Lipinski definition) is 7. The van der Waals surface area contributed by atoms with Gasteiger partial charge in [0.25, 0.3) is 0 Å². The molecule has 162 valence electrons. The van der Waals surface area contributed by atoms with E-state index in [0.717, 1.165) is 6.20 Å². The van der Waals surface area contributed by atoms with Gasteiger partial charge in [-0.1, -0.05) is 0 Å². The van der Waals surface area contributed by atoms with E-state index in [2.05, 4.69) is 9.97 Å². The summed E-state index contributed by atoms with van der Waals surface area (Å²) >= 11 is 0. The predicted octanol–water partition coefficient (Wildman–Crippen LogP) is 0.699. The average molecular weight is 431 g/mol. The van der Waals surface area contributed by atoms with Gasteiger partial charge in [0.05, 0.1) is 18.7 Å². The Labute approximate surface area is 157 Å². The Kier molecular flexibility index (Phi) is 5.25. The predicted molar refractivity (Wildman–Crippen MR) is 83.5 cm³/mol. The molecule has 4 atom stereocenters. The molecule has 0 amide bonds. The number of halogens is 6. The zero-order chi connectivity index (χ0) is 21.7. The van der Waals surface area contributed by atoms with Gasteiger partial charge < -0.3 is 20.7 Å². The lowest BCUT2D eigenvalue weighted by atomic mass is 10.1. The van der Waals surface area contributed by atoms with E-state index < -0.39 is 62.0 Å². The van der Waals surface area contributed by atoms with Gasteiger partial charge in [-0.05, 0) is 0 Å². The Morgan fingerprint density at radius 1 is 1.31 bits per heavy atom. The van der Waals surface area contributed by atoms with Crippen LogP contribution in [-0.4, -0.2) is 60.0 Å². The second kappa shape index (κ2) is 7.14. The third-order valence-corrected chi connectivity index (χ3v) is 4.40. The quantitative estimate of drug-likeness (QED) is 0.608. The highest BCUT2D eigenvalue weighted by atomic mass is 19.4. The van der Waals surface area contributed by atoms with Gasteiger partial charge in [0, 0.05) is 13.0 Å². The molecule has 9 nitrogen and oxygen atoms in total. The lowest BCUT2D eigenvalue weighted by Gasteiger charge is -2.21. The monoisotopic (exact) mass is 431 g/mol. The highest BCUT2D eigenvalue weighted by molar-refractivity contribution is 5.71. The molecule has 0 radical (unpaired) electrons. The van der Waals surface area contributed by atoms with Crippen molar-refractivity contribution in [2.75, 3.05) is 5.73 Å². The molecule has 0 bridgehead atoms. The number of ether oxygens (including phenoxy) is 1. The standard InChI is InChI=1S/C14H15F6N5O4/c15-13(16,17)1-2-24-5-4-22-11(21)23-9(5)25(12(24)28)10-6(26)3-7(29-10)8(27)14(18,19)20/h4,6-8,10,26-27H,1-3H2,(H2,21,22,23)/t6-,7+,8?,10-/m1/s1. The van der Waals surface area contributed by atoms with E-state index in [9.17, 15) is 41.4 Å². The molecule has 1 aliphatic heterocycles. The van der Waals surface area contributed by atoms with Gasteiger partial charge >= 0.3 is 18.0 Å². The van der Waals surface area contributed by atoms with Crippen LogP contribution in [0.3, 0.4) is 0 Å². The molecule has 1 saturated heterocycles. The molecule has 2 aromatic heterocycles. The van der Waals surface area contributed by atoms with Gasteiger partial charge in [0.15, 0.2) is 18.0 Å². The number of aliphatic hydroxyl groups excluding tert-OH is 2. The maximum Gasteiger partial charge on any atom is 0.416 e. The highest BCUT2D eigenvalue weighted by Gasteiger charge is 2.50. The topological polar surface area (TPSA) is 128 Å². The number of nitrogens with two attached hydrogens (primary N) is 1. The maximum atomic E-state index is 12.7. The molecular weight excluding hydrogens is 416 g/mol. The summed E-state index contributed by atoms with van der Waals surface area (Å²) in [5, 5.41) is 19.5. The van der Waals surface area contributed by atoms with Crippen molar-refractivity contribution < 1.29 is 41.3 Å². The molecule has 1 unspecified atom stereocenters. The summed E-state index contributed by atoms with van der Waals surface area (Å²) in [4.78, 5) is 20.1. The molecule has 15 heteroatoms. The Bertz CT molecular complexity index is 955. The molecule has 1 fully saturated rings. The molecular formula is C14H15F6N5O4. The van der Waals surface area contributed by atoms with Gasteiger partial charge in [-0.15, -0.1) is 0 Å². The van der Waals surface area contributed by atoms with Crippen molar-refractivity contribution in [3.05, 3.63) is 16.7 Å². The van der Waals surface area contributed by atoms with Crippen LogP contribution in [0.15, 0.2) is 11.0 Å². The molecule has 2 aromatic rings. The average Bonchev–Trinajstić information content (AvgIpc) is 3.07. The lowest BCUT2D eigenvalue weighted by Crippen LogP contribution is -2.40. The van der Waals surface area contributed by atoms with Crippen LogP contribution in [0.1, 0.15) is 19.1 Å². The summed E-state index contributed by atoms with van der Waals surface area (Å²) in [7, 11) is 0. The number of nitrogen functional groups attached to an aromatic ring is 1. The van der Waals surface area contributed by atoms with Gasteiger partial charge in [0.2, 0.25) is 5.95 Å². The van der Waals surface area contributed by atoms with Gasteiger partial charge in [-0.25, -0.2) is 14.3 Å². The molecule has 0 aromatic carbocycles. The van der Waals surface area contributed by atoms with E-state index in [1.165, 1.54) is 0 Å². The minimum Gasteiger partial charge on any atom is -0.388 e. The van der Waals surface area contributed by atoms with Crippen molar-refractivity contribution in [3.63, 3.8) is 0 Å². The molecule has 4 N–H and O–H groups in total. The van der Waals surface area contributed by atoms with Crippen molar-refractivity contribution in [2.45, 2.75) is 56.3 Å². The zero-order valence-electron chi connectivity index (χ0n) is 14.4. The second-order valence-electron chi connectivity index (χ2n) is 6.46. The smallest absolute Gasteiger partial charge is 0.388 e. The summed E-state index contributed by atoms with van der Waals surface area (Å²) < 4.78 is 82.3. The van der Waals surface area contributed by atoms with E-state index in [-0.39, 0.29) is 17.1 Å². The molecule has 3 rings (SSSR count).